The molecule has 4 heterocycles. The number of nitrogens with one attached hydrogen (secondary N) is 1. The van der Waals surface area contributed by atoms with E-state index in [9.17, 15) is 31.1 Å². The zero-order chi connectivity index (χ0) is 26.9. The quantitative estimate of drug-likeness (QED) is 0.474. The SMILES string of the molecule is C[C@H]1CC2CC(c3nnc(C(C)(F)F)o3)(C1)N2C(=O)Nc1cc(-c2ncn(C)n2)c(C(F)(F)F)cc1F. The van der Waals surface area contributed by atoms with Gasteiger partial charge in [-0.3, -0.25) is 4.68 Å². The third kappa shape index (κ3) is 4.19. The van der Waals surface area contributed by atoms with Crippen LogP contribution in [0.1, 0.15) is 50.5 Å². The third-order valence-corrected chi connectivity index (χ3v) is 6.67. The van der Waals surface area contributed by atoms with E-state index < -0.39 is 52.2 Å². The molecule has 198 valence electrons. The average Bonchev–Trinajstić information content (AvgIpc) is 3.43. The molecule has 6 rings (SSSR count). The van der Waals surface area contributed by atoms with E-state index in [2.05, 4.69) is 25.6 Å². The highest BCUT2D eigenvalue weighted by Gasteiger charge is 2.62. The van der Waals surface area contributed by atoms with Gasteiger partial charge in [0.05, 0.1) is 11.3 Å². The largest absolute Gasteiger partial charge is 0.417 e. The van der Waals surface area contributed by atoms with Crippen LogP contribution in [0.15, 0.2) is 22.9 Å². The lowest BCUT2D eigenvalue weighted by molar-refractivity contribution is -0.137. The zero-order valence-corrected chi connectivity index (χ0v) is 19.8. The highest BCUT2D eigenvalue weighted by atomic mass is 19.4. The van der Waals surface area contributed by atoms with Crippen LogP contribution in [0, 0.1) is 11.7 Å². The molecule has 2 amide bonds. The number of alkyl halides is 5. The van der Waals surface area contributed by atoms with Crippen molar-refractivity contribution in [1.82, 2.24) is 29.9 Å². The Morgan fingerprint density at radius 2 is 1.92 bits per heavy atom. The van der Waals surface area contributed by atoms with Crippen molar-refractivity contribution in [2.75, 3.05) is 5.32 Å². The van der Waals surface area contributed by atoms with Crippen molar-refractivity contribution in [1.29, 1.82) is 0 Å². The van der Waals surface area contributed by atoms with Crippen LogP contribution in [0.3, 0.4) is 0 Å². The normalized spacial score (nSPS) is 23.6. The van der Waals surface area contributed by atoms with Crippen LogP contribution in [0.2, 0.25) is 0 Å². The number of aromatic nitrogens is 5. The maximum Gasteiger partial charge on any atom is 0.417 e. The molecule has 3 atom stereocenters. The number of hydrogen-bond donors (Lipinski definition) is 1. The van der Waals surface area contributed by atoms with Crippen molar-refractivity contribution in [3.8, 4) is 11.4 Å². The molecule has 37 heavy (non-hydrogen) atoms. The van der Waals surface area contributed by atoms with Gasteiger partial charge in [-0.2, -0.15) is 27.1 Å². The summed E-state index contributed by atoms with van der Waals surface area (Å²) in [6.07, 6.45) is -2.46. The van der Waals surface area contributed by atoms with Crippen LogP contribution < -0.4 is 5.32 Å². The molecule has 0 spiro atoms. The molecule has 1 aromatic carbocycles. The molecule has 2 bridgehead atoms. The van der Waals surface area contributed by atoms with E-state index in [1.54, 1.807) is 0 Å². The van der Waals surface area contributed by atoms with Gasteiger partial charge < -0.3 is 14.6 Å². The van der Waals surface area contributed by atoms with Gasteiger partial charge in [0.15, 0.2) is 5.82 Å². The number of rotatable bonds is 4. The second-order valence-electron chi connectivity index (χ2n) is 9.65. The van der Waals surface area contributed by atoms with Gasteiger partial charge in [0, 0.05) is 32.0 Å². The monoisotopic (exact) mass is 529 g/mol. The summed E-state index contributed by atoms with van der Waals surface area (Å²) in [6.45, 7) is 2.52. The predicted octanol–water partition coefficient (Wildman–Crippen LogP) is 5.07. The Bertz CT molecular complexity index is 1360. The number of carbonyl (C=O) groups excluding carboxylic acids is 1. The number of carbonyl (C=O) groups is 1. The van der Waals surface area contributed by atoms with E-state index in [1.165, 1.54) is 23.0 Å². The topological polar surface area (TPSA) is 102 Å². The number of amides is 2. The first kappa shape index (κ1) is 25.0. The minimum atomic E-state index is -4.91. The summed E-state index contributed by atoms with van der Waals surface area (Å²) in [7, 11) is 1.45. The molecule has 2 aromatic heterocycles. The highest BCUT2D eigenvalue weighted by Crippen LogP contribution is 2.56. The fraction of sp³-hybridized carbons (Fsp3) is 0.500. The smallest absolute Gasteiger partial charge is 0.417 e. The van der Waals surface area contributed by atoms with E-state index >= 15 is 0 Å². The number of benzene rings is 1. The number of piperidine rings is 1. The molecule has 2 aliphatic heterocycles. The van der Waals surface area contributed by atoms with Crippen LogP contribution in [-0.2, 0) is 24.7 Å². The van der Waals surface area contributed by atoms with E-state index in [4.69, 9.17) is 4.42 Å². The van der Waals surface area contributed by atoms with Gasteiger partial charge >= 0.3 is 18.1 Å². The molecule has 15 heteroatoms. The summed E-state index contributed by atoms with van der Waals surface area (Å²) >= 11 is 0. The maximum atomic E-state index is 14.8. The van der Waals surface area contributed by atoms with Crippen molar-refractivity contribution < 1.29 is 35.6 Å². The Balaban J connectivity index is 1.50. The summed E-state index contributed by atoms with van der Waals surface area (Å²) in [5, 5.41) is 13.4. The van der Waals surface area contributed by atoms with E-state index in [0.29, 0.717) is 26.2 Å². The zero-order valence-electron chi connectivity index (χ0n) is 19.8. The summed E-state index contributed by atoms with van der Waals surface area (Å²) in [5.41, 5.74) is -3.56. The van der Waals surface area contributed by atoms with Crippen molar-refractivity contribution >= 4 is 11.7 Å². The van der Waals surface area contributed by atoms with Gasteiger partial charge in [0.1, 0.15) is 17.7 Å². The first-order chi connectivity index (χ1) is 17.2. The molecule has 2 saturated heterocycles. The summed E-state index contributed by atoms with van der Waals surface area (Å²) in [6, 6.07) is -0.0945. The second kappa shape index (κ2) is 8.18. The van der Waals surface area contributed by atoms with E-state index in [0.717, 1.165) is 6.07 Å². The molecule has 1 N–H and O–H groups in total. The lowest BCUT2D eigenvalue weighted by atomic mass is 9.64. The lowest BCUT2D eigenvalue weighted by Gasteiger charge is -2.61. The van der Waals surface area contributed by atoms with Gasteiger partial charge in [0.2, 0.25) is 5.89 Å². The molecule has 9 nitrogen and oxygen atoms in total. The minimum absolute atomic E-state index is 0.0879. The molecule has 2 unspecified atom stereocenters. The Kier molecular flexibility index (Phi) is 5.53. The van der Waals surface area contributed by atoms with Crippen LogP contribution in [-0.4, -0.2) is 41.9 Å². The van der Waals surface area contributed by atoms with Crippen molar-refractivity contribution in [3.05, 3.63) is 41.6 Å². The second-order valence-corrected chi connectivity index (χ2v) is 9.65. The number of anilines is 1. The van der Waals surface area contributed by atoms with Crippen molar-refractivity contribution in [3.63, 3.8) is 0 Å². The average molecular weight is 529 g/mol. The van der Waals surface area contributed by atoms with Crippen molar-refractivity contribution in [2.45, 2.75) is 56.8 Å². The van der Waals surface area contributed by atoms with Crippen LogP contribution in [0.25, 0.3) is 11.4 Å². The molecule has 1 aliphatic carbocycles. The number of halogens is 6. The molecule has 3 aromatic rings. The van der Waals surface area contributed by atoms with Crippen molar-refractivity contribution in [2.24, 2.45) is 13.0 Å². The van der Waals surface area contributed by atoms with Gasteiger partial charge in [-0.1, -0.05) is 6.92 Å². The number of fused-ring (bicyclic) bond motifs is 2. The molecule has 3 fully saturated rings. The lowest BCUT2D eigenvalue weighted by Crippen LogP contribution is -2.70. The molecule has 1 saturated carbocycles. The fourth-order valence-corrected chi connectivity index (χ4v) is 5.26. The molecular formula is C22H21F6N7O2. The minimum Gasteiger partial charge on any atom is -0.417 e. The summed E-state index contributed by atoms with van der Waals surface area (Å²) < 4.78 is 89.6. The first-order valence-electron chi connectivity index (χ1n) is 11.3. The number of nitrogens with zero attached hydrogens (tertiary/aromatic N) is 6. The Morgan fingerprint density at radius 3 is 2.51 bits per heavy atom. The maximum absolute atomic E-state index is 14.8. The van der Waals surface area contributed by atoms with Crippen LogP contribution in [0.5, 0.6) is 0 Å². The highest BCUT2D eigenvalue weighted by molar-refractivity contribution is 5.92. The number of hydrogen-bond acceptors (Lipinski definition) is 6. The molecule has 0 radical (unpaired) electrons. The molecular weight excluding hydrogens is 508 g/mol. The van der Waals surface area contributed by atoms with Gasteiger partial charge in [-0.15, -0.1) is 10.2 Å². The summed E-state index contributed by atoms with van der Waals surface area (Å²) in [5.74, 6) is -6.01. The van der Waals surface area contributed by atoms with Crippen LogP contribution in [0.4, 0.5) is 36.8 Å². The third-order valence-electron chi connectivity index (χ3n) is 6.67. The standard InChI is InChI=1S/C22H21F6N7O2/c1-10-4-11-8-21(7-10,18-32-31-17(37-18)20(2,24)25)35(11)19(36)30-15-5-12(16-29-9-34(3)33-16)13(6-14(15)23)22(26,27)28/h5-6,9-11H,4,7-8H2,1-3H3,(H,30,36)/t10-,11?,21?/m0/s1. The number of aryl methyl sites for hydroxylation is 1. The Labute approximate surface area is 205 Å². The summed E-state index contributed by atoms with van der Waals surface area (Å²) in [4.78, 5) is 18.5. The number of urea groups is 1. The van der Waals surface area contributed by atoms with Crippen LogP contribution >= 0.6 is 0 Å². The van der Waals surface area contributed by atoms with Gasteiger partial charge in [-0.25, -0.2) is 14.2 Å². The van der Waals surface area contributed by atoms with E-state index in [-0.39, 0.29) is 29.7 Å². The fourth-order valence-electron chi connectivity index (χ4n) is 5.26. The van der Waals surface area contributed by atoms with Gasteiger partial charge in [0.25, 0.3) is 5.89 Å². The predicted molar refractivity (Wildman–Crippen MR) is 115 cm³/mol. The first-order valence-corrected chi connectivity index (χ1v) is 11.3. The van der Waals surface area contributed by atoms with Gasteiger partial charge in [-0.05, 0) is 30.9 Å². The van der Waals surface area contributed by atoms with E-state index in [1.807, 2.05) is 6.92 Å². The Hall–Kier alpha value is -3.65. The molecule has 3 aliphatic rings. The Morgan fingerprint density at radius 1 is 1.19 bits per heavy atom.